The Morgan fingerprint density at radius 3 is 2.93 bits per heavy atom. The summed E-state index contributed by atoms with van der Waals surface area (Å²) in [5.41, 5.74) is 3.30. The summed E-state index contributed by atoms with van der Waals surface area (Å²) in [6, 6.07) is 11.2. The van der Waals surface area contributed by atoms with E-state index in [1.54, 1.807) is 11.0 Å². The molecule has 0 bridgehead atoms. The molecular weight excluding hydrogens is 358 g/mol. The van der Waals surface area contributed by atoms with E-state index in [1.807, 2.05) is 37.3 Å². The number of hydrogen-bond donors (Lipinski definition) is 2. The van der Waals surface area contributed by atoms with Gasteiger partial charge in [0.1, 0.15) is 5.82 Å². The molecule has 3 heterocycles. The van der Waals surface area contributed by atoms with Crippen LogP contribution in [0.4, 0.5) is 0 Å². The zero-order valence-electron chi connectivity index (χ0n) is 15.5. The van der Waals surface area contributed by atoms with Gasteiger partial charge in [-0.05, 0) is 49.2 Å². The Kier molecular flexibility index (Phi) is 3.98. The van der Waals surface area contributed by atoms with Gasteiger partial charge in [-0.3, -0.25) is 4.79 Å². The quantitative estimate of drug-likeness (QED) is 0.715. The molecule has 3 aromatic rings. The molecule has 2 aliphatic rings. The number of carbonyl (C=O) groups is 1. The van der Waals surface area contributed by atoms with E-state index < -0.39 is 6.10 Å². The van der Waals surface area contributed by atoms with Crippen molar-refractivity contribution in [3.63, 3.8) is 0 Å². The average molecular weight is 379 g/mol. The number of likely N-dealkylation sites (tertiary alicyclic amines) is 1. The van der Waals surface area contributed by atoms with Crippen molar-refractivity contribution in [3.8, 4) is 11.5 Å². The zero-order chi connectivity index (χ0) is 19.3. The molecule has 2 aromatic carbocycles. The monoisotopic (exact) mass is 379 g/mol. The first kappa shape index (κ1) is 17.1. The van der Waals surface area contributed by atoms with E-state index in [9.17, 15) is 9.90 Å². The third-order valence-electron chi connectivity index (χ3n) is 5.54. The van der Waals surface area contributed by atoms with Gasteiger partial charge >= 0.3 is 0 Å². The van der Waals surface area contributed by atoms with Crippen molar-refractivity contribution >= 4 is 16.9 Å². The lowest BCUT2D eigenvalue weighted by Crippen LogP contribution is -2.45. The number of amides is 1. The highest BCUT2D eigenvalue weighted by molar-refractivity contribution is 5.97. The molecule has 0 unspecified atom stereocenters. The number of carbonyl (C=O) groups excluding carboxylic acids is 1. The normalized spacial score (nSPS) is 21.3. The molecule has 2 N–H and O–H groups in total. The highest BCUT2D eigenvalue weighted by Crippen LogP contribution is 2.37. The third-order valence-corrected chi connectivity index (χ3v) is 5.54. The van der Waals surface area contributed by atoms with Crippen LogP contribution in [0.15, 0.2) is 36.4 Å². The van der Waals surface area contributed by atoms with Gasteiger partial charge < -0.3 is 24.5 Å². The molecule has 0 saturated carbocycles. The number of imidazole rings is 1. The number of aromatic amines is 1. The van der Waals surface area contributed by atoms with Crippen LogP contribution in [0.25, 0.3) is 11.0 Å². The molecule has 0 aliphatic carbocycles. The van der Waals surface area contributed by atoms with Crippen LogP contribution in [0.1, 0.15) is 34.1 Å². The second-order valence-corrected chi connectivity index (χ2v) is 7.38. The lowest BCUT2D eigenvalue weighted by molar-refractivity contribution is 0.0382. The first-order valence-electron chi connectivity index (χ1n) is 9.42. The van der Waals surface area contributed by atoms with Crippen LogP contribution >= 0.6 is 0 Å². The summed E-state index contributed by atoms with van der Waals surface area (Å²) in [6.45, 7) is 3.01. The van der Waals surface area contributed by atoms with Gasteiger partial charge in [0.05, 0.1) is 17.1 Å². The number of rotatable bonds is 2. The lowest BCUT2D eigenvalue weighted by atomic mass is 9.86. The van der Waals surface area contributed by atoms with Crippen molar-refractivity contribution in [2.75, 3.05) is 19.9 Å². The molecular formula is C21H21N3O4. The first-order chi connectivity index (χ1) is 13.6. The number of nitrogens with one attached hydrogen (secondary N) is 1. The summed E-state index contributed by atoms with van der Waals surface area (Å²) in [7, 11) is 0. The fourth-order valence-corrected chi connectivity index (χ4v) is 4.10. The van der Waals surface area contributed by atoms with E-state index in [4.69, 9.17) is 9.47 Å². The van der Waals surface area contributed by atoms with Crippen molar-refractivity contribution < 1.29 is 19.4 Å². The lowest BCUT2D eigenvalue weighted by Gasteiger charge is -2.36. The Balaban J connectivity index is 1.32. The minimum absolute atomic E-state index is 0.0312. The highest BCUT2D eigenvalue weighted by Gasteiger charge is 2.32. The Bertz CT molecular complexity index is 1060. The fraction of sp³-hybridized carbons (Fsp3) is 0.333. The van der Waals surface area contributed by atoms with Crippen LogP contribution in [0.2, 0.25) is 0 Å². The van der Waals surface area contributed by atoms with Gasteiger partial charge in [0, 0.05) is 24.6 Å². The van der Waals surface area contributed by atoms with Crippen LogP contribution in [-0.2, 0) is 0 Å². The van der Waals surface area contributed by atoms with E-state index in [0.29, 0.717) is 30.8 Å². The number of nitrogens with zero attached hydrogens (tertiary/aromatic N) is 2. The van der Waals surface area contributed by atoms with E-state index in [0.717, 1.165) is 28.2 Å². The van der Waals surface area contributed by atoms with Gasteiger partial charge in [-0.15, -0.1) is 0 Å². The predicted molar refractivity (Wildman–Crippen MR) is 103 cm³/mol. The Hall–Kier alpha value is -3.06. The van der Waals surface area contributed by atoms with Gasteiger partial charge in [-0.2, -0.15) is 0 Å². The molecule has 1 fully saturated rings. The number of H-pyrrole nitrogens is 1. The van der Waals surface area contributed by atoms with Crippen LogP contribution in [-0.4, -0.2) is 51.9 Å². The Morgan fingerprint density at radius 2 is 2.07 bits per heavy atom. The minimum Gasteiger partial charge on any atom is -0.454 e. The molecule has 2 atom stereocenters. The maximum absolute atomic E-state index is 12.9. The van der Waals surface area contributed by atoms with Crippen LogP contribution in [0, 0.1) is 6.92 Å². The number of β-amino-alcohol motifs (C(OH)–C–C–N with tert-alkyl or cyclic N) is 1. The van der Waals surface area contributed by atoms with Gasteiger partial charge in [0.25, 0.3) is 5.91 Å². The van der Waals surface area contributed by atoms with E-state index in [1.165, 1.54) is 0 Å². The predicted octanol–water partition coefficient (Wildman–Crippen LogP) is 2.59. The Labute approximate surface area is 161 Å². The van der Waals surface area contributed by atoms with Crippen LogP contribution in [0.5, 0.6) is 11.5 Å². The molecule has 1 aromatic heterocycles. The molecule has 144 valence electrons. The smallest absolute Gasteiger partial charge is 0.254 e. The Morgan fingerprint density at radius 1 is 1.21 bits per heavy atom. The molecule has 1 saturated heterocycles. The average Bonchev–Trinajstić information content (AvgIpc) is 3.31. The van der Waals surface area contributed by atoms with E-state index >= 15 is 0 Å². The maximum Gasteiger partial charge on any atom is 0.254 e. The van der Waals surface area contributed by atoms with Crippen molar-refractivity contribution in [1.29, 1.82) is 0 Å². The molecule has 28 heavy (non-hydrogen) atoms. The summed E-state index contributed by atoms with van der Waals surface area (Å²) in [4.78, 5) is 22.2. The second kappa shape index (κ2) is 6.53. The number of fused-ring (bicyclic) bond motifs is 2. The van der Waals surface area contributed by atoms with Gasteiger partial charge in [0.2, 0.25) is 6.79 Å². The number of benzene rings is 2. The summed E-state index contributed by atoms with van der Waals surface area (Å²) in [5, 5.41) is 10.7. The number of hydrogen-bond acceptors (Lipinski definition) is 5. The van der Waals surface area contributed by atoms with Gasteiger partial charge in [-0.1, -0.05) is 6.07 Å². The molecule has 7 heteroatoms. The van der Waals surface area contributed by atoms with Crippen molar-refractivity contribution in [2.24, 2.45) is 0 Å². The van der Waals surface area contributed by atoms with Crippen molar-refractivity contribution in [2.45, 2.75) is 25.4 Å². The molecule has 5 rings (SSSR count). The third kappa shape index (κ3) is 2.88. The summed E-state index contributed by atoms with van der Waals surface area (Å²) < 4.78 is 10.8. The summed E-state index contributed by atoms with van der Waals surface area (Å²) in [6.07, 6.45) is 0.0639. The summed E-state index contributed by atoms with van der Waals surface area (Å²) >= 11 is 0. The minimum atomic E-state index is -0.629. The fourth-order valence-electron chi connectivity index (χ4n) is 4.10. The second-order valence-electron chi connectivity index (χ2n) is 7.38. The van der Waals surface area contributed by atoms with E-state index in [-0.39, 0.29) is 18.6 Å². The maximum atomic E-state index is 12.9. The topological polar surface area (TPSA) is 87.7 Å². The molecule has 2 aliphatic heterocycles. The number of aliphatic hydroxyl groups is 1. The first-order valence-corrected chi connectivity index (χ1v) is 9.42. The zero-order valence-corrected chi connectivity index (χ0v) is 15.5. The number of aryl methyl sites for hydroxylation is 1. The summed E-state index contributed by atoms with van der Waals surface area (Å²) in [5.74, 6) is 2.16. The van der Waals surface area contributed by atoms with E-state index in [2.05, 4.69) is 9.97 Å². The number of aliphatic hydroxyl groups excluding tert-OH is 1. The van der Waals surface area contributed by atoms with Crippen molar-refractivity contribution in [3.05, 3.63) is 53.3 Å². The van der Waals surface area contributed by atoms with Crippen molar-refractivity contribution in [1.82, 2.24) is 14.9 Å². The highest BCUT2D eigenvalue weighted by atomic mass is 16.7. The number of aromatic nitrogens is 2. The number of ether oxygens (including phenoxy) is 2. The van der Waals surface area contributed by atoms with Crippen LogP contribution in [0.3, 0.4) is 0 Å². The molecule has 0 radical (unpaired) electrons. The molecule has 0 spiro atoms. The molecule has 7 nitrogen and oxygen atoms in total. The van der Waals surface area contributed by atoms with Crippen LogP contribution < -0.4 is 9.47 Å². The molecule has 1 amide bonds. The SMILES string of the molecule is Cc1nc2ccc(C(=O)N3CC[C@@H](c4ccc5c(c4)OCO5)[C@H](O)C3)cc2[nH]1. The van der Waals surface area contributed by atoms with Gasteiger partial charge in [-0.25, -0.2) is 4.98 Å². The largest absolute Gasteiger partial charge is 0.454 e. The standard InChI is InChI=1S/C21H21N3O4/c1-12-22-16-4-2-14(8-17(16)23-12)21(26)24-7-6-15(18(25)10-24)13-3-5-19-20(9-13)28-11-27-19/h2-5,8-9,15,18,25H,6-7,10-11H2,1H3,(H,22,23)/t15-,18+/m0/s1. The van der Waals surface area contributed by atoms with Gasteiger partial charge in [0.15, 0.2) is 11.5 Å². The number of piperidine rings is 1.